The van der Waals surface area contributed by atoms with Crippen LogP contribution in [0.3, 0.4) is 0 Å². The molecule has 0 saturated heterocycles. The second kappa shape index (κ2) is 6.45. The van der Waals surface area contributed by atoms with Crippen molar-refractivity contribution >= 4 is 11.7 Å². The molecule has 2 rings (SSSR count). The Bertz CT molecular complexity index is 445. The van der Waals surface area contributed by atoms with Crippen LogP contribution < -0.4 is 10.1 Å². The van der Waals surface area contributed by atoms with E-state index in [4.69, 9.17) is 9.47 Å². The van der Waals surface area contributed by atoms with Crippen molar-refractivity contribution in [2.24, 2.45) is 0 Å². The highest BCUT2D eigenvalue weighted by atomic mass is 16.5. The van der Waals surface area contributed by atoms with E-state index in [9.17, 15) is 4.79 Å². The van der Waals surface area contributed by atoms with Gasteiger partial charge in [0.1, 0.15) is 11.8 Å². The van der Waals surface area contributed by atoms with E-state index in [1.54, 1.807) is 0 Å². The lowest BCUT2D eigenvalue weighted by molar-refractivity contribution is -0.143. The largest absolute Gasteiger partial charge is 0.491 e. The Morgan fingerprint density at radius 1 is 1.42 bits per heavy atom. The van der Waals surface area contributed by atoms with Crippen molar-refractivity contribution in [2.45, 2.75) is 39.2 Å². The Morgan fingerprint density at radius 2 is 2.26 bits per heavy atom. The van der Waals surface area contributed by atoms with E-state index in [0.717, 1.165) is 29.8 Å². The van der Waals surface area contributed by atoms with Crippen molar-refractivity contribution in [1.82, 2.24) is 0 Å². The molecule has 0 aromatic heterocycles. The third kappa shape index (κ3) is 3.19. The molecule has 19 heavy (non-hydrogen) atoms. The van der Waals surface area contributed by atoms with E-state index in [2.05, 4.69) is 12.2 Å². The van der Waals surface area contributed by atoms with E-state index in [0.29, 0.717) is 19.6 Å². The molecule has 1 aromatic rings. The minimum Gasteiger partial charge on any atom is -0.491 e. The van der Waals surface area contributed by atoms with Gasteiger partial charge in [-0.2, -0.15) is 0 Å². The Labute approximate surface area is 114 Å². The first kappa shape index (κ1) is 13.7. The number of ether oxygens (including phenoxy) is 2. The number of fused-ring (bicyclic) bond motifs is 1. The monoisotopic (exact) mass is 263 g/mol. The highest BCUT2D eigenvalue weighted by Gasteiger charge is 2.29. The molecule has 4 heteroatoms. The van der Waals surface area contributed by atoms with Crippen LogP contribution in [0.1, 0.15) is 32.3 Å². The van der Waals surface area contributed by atoms with Gasteiger partial charge >= 0.3 is 5.97 Å². The summed E-state index contributed by atoms with van der Waals surface area (Å²) in [5.74, 6) is 0.635. The number of unbranched alkanes of at least 4 members (excludes halogenated alkanes) is 1. The summed E-state index contributed by atoms with van der Waals surface area (Å²) in [6.07, 6.45) is 2.80. The summed E-state index contributed by atoms with van der Waals surface area (Å²) in [4.78, 5) is 11.8. The fourth-order valence-corrected chi connectivity index (χ4v) is 2.19. The van der Waals surface area contributed by atoms with Crippen molar-refractivity contribution in [1.29, 1.82) is 0 Å². The van der Waals surface area contributed by atoms with Gasteiger partial charge in [-0.25, -0.2) is 4.79 Å². The van der Waals surface area contributed by atoms with E-state index in [1.807, 2.05) is 25.1 Å². The summed E-state index contributed by atoms with van der Waals surface area (Å²) < 4.78 is 10.8. The molecular formula is C15H21NO3. The van der Waals surface area contributed by atoms with Gasteiger partial charge in [-0.05, 0) is 25.0 Å². The van der Waals surface area contributed by atoms with Crippen molar-refractivity contribution < 1.29 is 14.3 Å². The van der Waals surface area contributed by atoms with Gasteiger partial charge in [0.15, 0.2) is 0 Å². The number of anilines is 1. The van der Waals surface area contributed by atoms with Crippen LogP contribution in [-0.4, -0.2) is 25.2 Å². The second-order valence-corrected chi connectivity index (χ2v) is 4.65. The summed E-state index contributed by atoms with van der Waals surface area (Å²) in [7, 11) is 0. The highest BCUT2D eigenvalue weighted by molar-refractivity contribution is 5.84. The average Bonchev–Trinajstić information content (AvgIpc) is 2.84. The number of hydrogen-bond donors (Lipinski definition) is 1. The maximum absolute atomic E-state index is 11.8. The third-order valence-electron chi connectivity index (χ3n) is 3.18. The van der Waals surface area contributed by atoms with Crippen LogP contribution in [0.15, 0.2) is 18.2 Å². The molecule has 1 aromatic carbocycles. The molecule has 104 valence electrons. The minimum atomic E-state index is -0.286. The third-order valence-corrected chi connectivity index (χ3v) is 3.18. The molecule has 0 aliphatic carbocycles. The molecule has 1 heterocycles. The van der Waals surface area contributed by atoms with E-state index in [1.165, 1.54) is 0 Å². The predicted molar refractivity (Wildman–Crippen MR) is 74.6 cm³/mol. The number of esters is 1. The Morgan fingerprint density at radius 3 is 3.00 bits per heavy atom. The Kier molecular flexibility index (Phi) is 4.66. The number of benzene rings is 1. The molecule has 1 N–H and O–H groups in total. The van der Waals surface area contributed by atoms with Gasteiger partial charge in [0.25, 0.3) is 0 Å². The predicted octanol–water partition coefficient (Wildman–Crippen LogP) is 2.77. The van der Waals surface area contributed by atoms with Gasteiger partial charge < -0.3 is 14.8 Å². The smallest absolute Gasteiger partial charge is 0.328 e. The lowest BCUT2D eigenvalue weighted by Gasteiger charge is -2.12. The van der Waals surface area contributed by atoms with Crippen LogP contribution in [0.25, 0.3) is 0 Å². The minimum absolute atomic E-state index is 0.196. The van der Waals surface area contributed by atoms with Gasteiger partial charge in [-0.1, -0.05) is 25.5 Å². The molecule has 1 atom stereocenters. The Hall–Kier alpha value is -1.71. The van der Waals surface area contributed by atoms with Crippen molar-refractivity contribution in [3.63, 3.8) is 0 Å². The summed E-state index contributed by atoms with van der Waals surface area (Å²) >= 11 is 0. The highest BCUT2D eigenvalue weighted by Crippen LogP contribution is 2.35. The zero-order valence-corrected chi connectivity index (χ0v) is 11.6. The zero-order chi connectivity index (χ0) is 13.7. The number of para-hydroxylation sites is 1. The Balaban J connectivity index is 2.05. The topological polar surface area (TPSA) is 47.6 Å². The summed E-state index contributed by atoms with van der Waals surface area (Å²) in [6, 6.07) is 5.64. The molecule has 0 fully saturated rings. The number of carbonyl (C=O) groups is 1. The summed E-state index contributed by atoms with van der Waals surface area (Å²) in [5.41, 5.74) is 2.06. The maximum Gasteiger partial charge on any atom is 0.328 e. The number of hydrogen-bond acceptors (Lipinski definition) is 4. The van der Waals surface area contributed by atoms with Crippen molar-refractivity contribution in [2.75, 3.05) is 18.5 Å². The molecule has 0 spiro atoms. The van der Waals surface area contributed by atoms with Gasteiger partial charge in [-0.15, -0.1) is 0 Å². The first-order valence-electron chi connectivity index (χ1n) is 6.94. The van der Waals surface area contributed by atoms with Crippen LogP contribution >= 0.6 is 0 Å². The number of rotatable bonds is 6. The molecule has 0 radical (unpaired) electrons. The van der Waals surface area contributed by atoms with Crippen LogP contribution in [-0.2, 0) is 16.0 Å². The first-order valence-corrected chi connectivity index (χ1v) is 6.94. The average molecular weight is 263 g/mol. The lowest BCUT2D eigenvalue weighted by atomic mass is 10.1. The van der Waals surface area contributed by atoms with Crippen molar-refractivity contribution in [3.8, 4) is 5.75 Å². The molecular weight excluding hydrogens is 242 g/mol. The zero-order valence-electron chi connectivity index (χ0n) is 11.6. The first-order chi connectivity index (χ1) is 9.26. The van der Waals surface area contributed by atoms with Crippen LogP contribution in [0.4, 0.5) is 5.69 Å². The second-order valence-electron chi connectivity index (χ2n) is 4.65. The normalized spacial score (nSPS) is 16.6. The van der Waals surface area contributed by atoms with Gasteiger partial charge in [0, 0.05) is 6.42 Å². The molecule has 4 nitrogen and oxygen atoms in total. The van der Waals surface area contributed by atoms with Crippen LogP contribution in [0.2, 0.25) is 0 Å². The summed E-state index contributed by atoms with van der Waals surface area (Å²) in [5, 5.41) is 3.22. The fourth-order valence-electron chi connectivity index (χ4n) is 2.19. The van der Waals surface area contributed by atoms with Gasteiger partial charge in [-0.3, -0.25) is 0 Å². The molecule has 1 aliphatic rings. The lowest BCUT2D eigenvalue weighted by Crippen LogP contribution is -2.29. The van der Waals surface area contributed by atoms with Gasteiger partial charge in [0.05, 0.1) is 18.9 Å². The standard InChI is InChI=1S/C15H21NO3/c1-3-5-9-19-13-8-6-7-11-10-12(16-14(11)13)15(17)18-4-2/h6-8,12,16H,3-5,9-10H2,1-2H3. The molecule has 1 aliphatic heterocycles. The van der Waals surface area contributed by atoms with Crippen molar-refractivity contribution in [3.05, 3.63) is 23.8 Å². The van der Waals surface area contributed by atoms with E-state index < -0.39 is 0 Å². The maximum atomic E-state index is 11.8. The van der Waals surface area contributed by atoms with E-state index >= 15 is 0 Å². The van der Waals surface area contributed by atoms with E-state index in [-0.39, 0.29) is 12.0 Å². The summed E-state index contributed by atoms with van der Waals surface area (Å²) in [6.45, 7) is 5.07. The SMILES string of the molecule is CCCCOc1cccc2c1NC(C(=O)OCC)C2. The molecule has 0 saturated carbocycles. The fraction of sp³-hybridized carbons (Fsp3) is 0.533. The molecule has 0 amide bonds. The number of nitrogens with one attached hydrogen (secondary N) is 1. The van der Waals surface area contributed by atoms with Crippen LogP contribution in [0, 0.1) is 0 Å². The molecule has 0 bridgehead atoms. The molecule has 1 unspecified atom stereocenters. The van der Waals surface area contributed by atoms with Gasteiger partial charge in [0.2, 0.25) is 0 Å². The number of carbonyl (C=O) groups excluding carboxylic acids is 1. The quantitative estimate of drug-likeness (QED) is 0.633. The van der Waals surface area contributed by atoms with Crippen LogP contribution in [0.5, 0.6) is 5.75 Å².